The van der Waals surface area contributed by atoms with Crippen molar-refractivity contribution >= 4 is 11.3 Å². The molecule has 0 amide bonds. The summed E-state index contributed by atoms with van der Waals surface area (Å²) in [5, 5.41) is 12.7. The summed E-state index contributed by atoms with van der Waals surface area (Å²) < 4.78 is 5.80. The average Bonchev–Trinajstić information content (AvgIpc) is 3.03. The predicted octanol–water partition coefficient (Wildman–Crippen LogP) is 4.26. The minimum atomic E-state index is 0.000558. The largest absolute Gasteiger partial charge is 0.487 e. The van der Waals surface area contributed by atoms with E-state index in [1.54, 1.807) is 11.3 Å². The first-order chi connectivity index (χ1) is 10.4. The van der Waals surface area contributed by atoms with Gasteiger partial charge in [0.2, 0.25) is 0 Å². The highest BCUT2D eigenvalue weighted by molar-refractivity contribution is 7.09. The number of aliphatic hydroxyl groups excluding tert-OH is 1. The topological polar surface area (TPSA) is 42.4 Å². The van der Waals surface area contributed by atoms with E-state index in [-0.39, 0.29) is 6.61 Å². The quantitative estimate of drug-likeness (QED) is 0.897. The molecule has 1 saturated carbocycles. The van der Waals surface area contributed by atoms with Crippen molar-refractivity contribution in [1.29, 1.82) is 0 Å². The average molecular weight is 303 g/mol. The molecular weight excluding hydrogens is 282 g/mol. The third-order valence-electron chi connectivity index (χ3n) is 4.04. The van der Waals surface area contributed by atoms with Gasteiger partial charge in [0.25, 0.3) is 0 Å². The highest BCUT2D eigenvalue weighted by atomic mass is 32.1. The molecule has 1 aliphatic carbocycles. The zero-order valence-electron chi connectivity index (χ0n) is 12.1. The molecule has 1 heterocycles. The van der Waals surface area contributed by atoms with Gasteiger partial charge in [0.05, 0.1) is 17.3 Å². The number of hydrogen-bond acceptors (Lipinski definition) is 4. The van der Waals surface area contributed by atoms with Gasteiger partial charge in [0.15, 0.2) is 0 Å². The lowest BCUT2D eigenvalue weighted by atomic mass is 9.90. The van der Waals surface area contributed by atoms with E-state index in [0.717, 1.165) is 17.0 Å². The van der Waals surface area contributed by atoms with Crippen LogP contribution in [0.2, 0.25) is 0 Å². The van der Waals surface area contributed by atoms with Gasteiger partial charge in [0.1, 0.15) is 12.4 Å². The molecule has 3 rings (SSSR count). The Labute approximate surface area is 129 Å². The molecule has 4 heteroatoms. The number of aliphatic hydroxyl groups is 1. The molecule has 0 radical (unpaired) electrons. The Balaban J connectivity index is 1.62. The molecule has 112 valence electrons. The van der Waals surface area contributed by atoms with Crippen molar-refractivity contribution in [2.24, 2.45) is 0 Å². The highest BCUT2D eigenvalue weighted by Gasteiger charge is 2.18. The van der Waals surface area contributed by atoms with Crippen LogP contribution in [0.4, 0.5) is 0 Å². The number of aromatic nitrogens is 1. The molecule has 0 atom stereocenters. The molecule has 0 spiro atoms. The van der Waals surface area contributed by atoms with Crippen LogP contribution in [-0.4, -0.2) is 10.1 Å². The first kappa shape index (κ1) is 14.5. The van der Waals surface area contributed by atoms with Crippen molar-refractivity contribution in [3.8, 4) is 5.75 Å². The smallest absolute Gasteiger partial charge is 0.131 e. The van der Waals surface area contributed by atoms with Gasteiger partial charge in [-0.25, -0.2) is 4.98 Å². The van der Waals surface area contributed by atoms with Crippen LogP contribution >= 0.6 is 11.3 Å². The normalized spacial score (nSPS) is 16.0. The van der Waals surface area contributed by atoms with Crippen molar-refractivity contribution < 1.29 is 9.84 Å². The number of nitrogens with zero attached hydrogens (tertiary/aromatic N) is 1. The monoisotopic (exact) mass is 303 g/mol. The van der Waals surface area contributed by atoms with Gasteiger partial charge in [0, 0.05) is 16.9 Å². The first-order valence-corrected chi connectivity index (χ1v) is 8.50. The highest BCUT2D eigenvalue weighted by Crippen LogP contribution is 2.34. The number of hydrogen-bond donors (Lipinski definition) is 1. The van der Waals surface area contributed by atoms with Crippen molar-refractivity contribution in [1.82, 2.24) is 4.98 Å². The Morgan fingerprint density at radius 3 is 2.81 bits per heavy atom. The Morgan fingerprint density at radius 1 is 1.19 bits per heavy atom. The fourth-order valence-electron chi connectivity index (χ4n) is 2.85. The van der Waals surface area contributed by atoms with E-state index in [2.05, 4.69) is 5.38 Å². The van der Waals surface area contributed by atoms with Gasteiger partial charge in [-0.2, -0.15) is 0 Å². The Kier molecular flexibility index (Phi) is 4.88. The Morgan fingerprint density at radius 2 is 2.00 bits per heavy atom. The summed E-state index contributed by atoms with van der Waals surface area (Å²) in [6.45, 7) is 0.473. The van der Waals surface area contributed by atoms with Crippen molar-refractivity contribution in [2.75, 3.05) is 0 Å². The Hall–Kier alpha value is -1.39. The lowest BCUT2D eigenvalue weighted by Crippen LogP contribution is -2.05. The van der Waals surface area contributed by atoms with Crippen molar-refractivity contribution in [3.63, 3.8) is 0 Å². The summed E-state index contributed by atoms with van der Waals surface area (Å²) in [4.78, 5) is 4.74. The molecule has 0 unspecified atom stereocenters. The number of benzene rings is 1. The van der Waals surface area contributed by atoms with Crippen LogP contribution in [0.15, 0.2) is 29.6 Å². The molecule has 1 N–H and O–H groups in total. The standard InChI is InChI=1S/C17H21NO2S/c19-10-14-8-4-5-9-16(14)20-11-15-12-21-17(18-15)13-6-2-1-3-7-13/h4-5,8-9,12-13,19H,1-3,6-7,10-11H2. The van der Waals surface area contributed by atoms with Gasteiger partial charge in [-0.05, 0) is 18.9 Å². The van der Waals surface area contributed by atoms with Crippen LogP contribution in [0, 0.1) is 0 Å². The van der Waals surface area contributed by atoms with Gasteiger partial charge in [-0.1, -0.05) is 37.5 Å². The fraction of sp³-hybridized carbons (Fsp3) is 0.471. The van der Waals surface area contributed by atoms with Gasteiger partial charge < -0.3 is 9.84 Å². The lowest BCUT2D eigenvalue weighted by molar-refractivity contribution is 0.257. The van der Waals surface area contributed by atoms with Crippen LogP contribution < -0.4 is 4.74 Å². The fourth-order valence-corrected chi connectivity index (χ4v) is 3.83. The molecule has 1 aromatic carbocycles. The predicted molar refractivity (Wildman–Crippen MR) is 84.6 cm³/mol. The first-order valence-electron chi connectivity index (χ1n) is 7.62. The molecule has 2 aromatic rings. The van der Waals surface area contributed by atoms with E-state index in [1.165, 1.54) is 37.1 Å². The summed E-state index contributed by atoms with van der Waals surface area (Å²) in [6, 6.07) is 7.59. The van der Waals surface area contributed by atoms with Crippen LogP contribution in [0.5, 0.6) is 5.75 Å². The molecule has 1 aliphatic rings. The number of ether oxygens (including phenoxy) is 1. The third-order valence-corrected chi connectivity index (χ3v) is 5.10. The lowest BCUT2D eigenvalue weighted by Gasteiger charge is -2.18. The minimum absolute atomic E-state index is 0.000558. The van der Waals surface area contributed by atoms with E-state index in [1.807, 2.05) is 24.3 Å². The van der Waals surface area contributed by atoms with Crippen molar-refractivity contribution in [2.45, 2.75) is 51.2 Å². The summed E-state index contributed by atoms with van der Waals surface area (Å²) in [5.41, 5.74) is 1.81. The van der Waals surface area contributed by atoms with Gasteiger partial charge >= 0.3 is 0 Å². The van der Waals surface area contributed by atoms with E-state index in [0.29, 0.717) is 12.5 Å². The zero-order chi connectivity index (χ0) is 14.5. The number of rotatable bonds is 5. The summed E-state index contributed by atoms with van der Waals surface area (Å²) >= 11 is 1.76. The van der Waals surface area contributed by atoms with E-state index in [9.17, 15) is 5.11 Å². The summed E-state index contributed by atoms with van der Waals surface area (Å²) in [7, 11) is 0. The molecule has 0 saturated heterocycles. The molecule has 21 heavy (non-hydrogen) atoms. The van der Waals surface area contributed by atoms with Crippen LogP contribution in [-0.2, 0) is 13.2 Å². The van der Waals surface area contributed by atoms with Crippen LogP contribution in [0.1, 0.15) is 54.3 Å². The maximum absolute atomic E-state index is 9.30. The second-order valence-electron chi connectivity index (χ2n) is 5.57. The van der Waals surface area contributed by atoms with Crippen LogP contribution in [0.25, 0.3) is 0 Å². The SMILES string of the molecule is OCc1ccccc1OCc1csc(C2CCCCC2)n1. The number of para-hydroxylation sites is 1. The van der Waals surface area contributed by atoms with Crippen molar-refractivity contribution in [3.05, 3.63) is 45.9 Å². The molecule has 1 aromatic heterocycles. The molecular formula is C17H21NO2S. The van der Waals surface area contributed by atoms with E-state index >= 15 is 0 Å². The molecule has 0 aliphatic heterocycles. The van der Waals surface area contributed by atoms with E-state index < -0.39 is 0 Å². The molecule has 1 fully saturated rings. The molecule has 0 bridgehead atoms. The second-order valence-corrected chi connectivity index (χ2v) is 6.46. The van der Waals surface area contributed by atoms with Gasteiger partial charge in [-0.3, -0.25) is 0 Å². The van der Waals surface area contributed by atoms with E-state index in [4.69, 9.17) is 9.72 Å². The summed E-state index contributed by atoms with van der Waals surface area (Å²) in [5.74, 6) is 1.40. The third kappa shape index (κ3) is 3.63. The maximum atomic E-state index is 9.30. The van der Waals surface area contributed by atoms with Crippen LogP contribution in [0.3, 0.4) is 0 Å². The number of thiazole rings is 1. The van der Waals surface area contributed by atoms with Gasteiger partial charge in [-0.15, -0.1) is 11.3 Å². The second kappa shape index (κ2) is 7.05. The molecule has 3 nitrogen and oxygen atoms in total. The summed E-state index contributed by atoms with van der Waals surface area (Å²) in [6.07, 6.45) is 6.60. The zero-order valence-corrected chi connectivity index (χ0v) is 12.9. The Bertz CT molecular complexity index is 576. The minimum Gasteiger partial charge on any atom is -0.487 e. The maximum Gasteiger partial charge on any atom is 0.131 e.